The molecule has 0 bridgehead atoms. The molecule has 1 unspecified atom stereocenters. The Hall–Kier alpha value is -2.94. The van der Waals surface area contributed by atoms with Crippen molar-refractivity contribution in [1.29, 1.82) is 0 Å². The van der Waals surface area contributed by atoms with Crippen LogP contribution in [0.15, 0.2) is 28.8 Å². The molecule has 1 heterocycles. The predicted octanol–water partition coefficient (Wildman–Crippen LogP) is 0.692. The topological polar surface area (TPSA) is 132 Å². The molecule has 9 nitrogen and oxygen atoms in total. The zero-order chi connectivity index (χ0) is 20.0. The van der Waals surface area contributed by atoms with Crippen LogP contribution in [0.3, 0.4) is 0 Å². The van der Waals surface area contributed by atoms with Crippen LogP contribution in [0.1, 0.15) is 37.2 Å². The fourth-order valence-corrected chi connectivity index (χ4v) is 2.42. The van der Waals surface area contributed by atoms with Crippen molar-refractivity contribution in [2.75, 3.05) is 13.7 Å². The highest BCUT2D eigenvalue weighted by molar-refractivity contribution is 5.87. The van der Waals surface area contributed by atoms with Gasteiger partial charge < -0.3 is 25.6 Å². The lowest BCUT2D eigenvalue weighted by Crippen LogP contribution is -2.47. The first-order valence-electron chi connectivity index (χ1n) is 8.59. The second-order valence-electron chi connectivity index (χ2n) is 6.40. The molecule has 2 atom stereocenters. The molecule has 1 aromatic carbocycles. The second kappa shape index (κ2) is 9.13. The van der Waals surface area contributed by atoms with E-state index in [9.17, 15) is 9.59 Å². The molecule has 27 heavy (non-hydrogen) atoms. The van der Waals surface area contributed by atoms with Gasteiger partial charge in [0, 0.05) is 12.5 Å². The summed E-state index contributed by atoms with van der Waals surface area (Å²) in [7, 11) is 1.53. The van der Waals surface area contributed by atoms with E-state index in [1.807, 2.05) is 26.0 Å². The number of nitrogens with zero attached hydrogens (tertiary/aromatic N) is 2. The van der Waals surface area contributed by atoms with Crippen LogP contribution < -0.4 is 21.1 Å². The number of aromatic nitrogens is 2. The Balaban J connectivity index is 2.15. The molecule has 0 fully saturated rings. The van der Waals surface area contributed by atoms with E-state index in [1.165, 1.54) is 7.11 Å². The Kier molecular flexibility index (Phi) is 6.89. The minimum absolute atomic E-state index is 0.0308. The Morgan fingerprint density at radius 3 is 2.59 bits per heavy atom. The number of ether oxygens (including phenoxy) is 1. The van der Waals surface area contributed by atoms with E-state index in [0.29, 0.717) is 17.2 Å². The van der Waals surface area contributed by atoms with Crippen molar-refractivity contribution in [3.05, 3.63) is 41.5 Å². The molecule has 2 aromatic rings. The molecule has 2 amide bonds. The SMILES string of the molecule is COc1ccccc1C(NC(=O)CNC(=O)[C@@H](N)C(C)C)c1noc(C)n1. The van der Waals surface area contributed by atoms with Gasteiger partial charge in [-0.15, -0.1) is 0 Å². The molecular weight excluding hydrogens is 350 g/mol. The number of methoxy groups -OCH3 is 1. The maximum Gasteiger partial charge on any atom is 0.240 e. The highest BCUT2D eigenvalue weighted by atomic mass is 16.5. The first kappa shape index (κ1) is 20.4. The van der Waals surface area contributed by atoms with Gasteiger partial charge in [-0.05, 0) is 12.0 Å². The number of hydrogen-bond acceptors (Lipinski definition) is 7. The number of aryl methyl sites for hydroxylation is 1. The van der Waals surface area contributed by atoms with Gasteiger partial charge in [-0.1, -0.05) is 37.2 Å². The van der Waals surface area contributed by atoms with Gasteiger partial charge in [0.05, 0.1) is 19.7 Å². The van der Waals surface area contributed by atoms with Crippen LogP contribution in [0.2, 0.25) is 0 Å². The average molecular weight is 375 g/mol. The van der Waals surface area contributed by atoms with Crippen LogP contribution >= 0.6 is 0 Å². The Morgan fingerprint density at radius 2 is 2.00 bits per heavy atom. The van der Waals surface area contributed by atoms with Crippen molar-refractivity contribution in [1.82, 2.24) is 20.8 Å². The van der Waals surface area contributed by atoms with Crippen molar-refractivity contribution in [2.24, 2.45) is 11.7 Å². The number of amides is 2. The largest absolute Gasteiger partial charge is 0.496 e. The molecule has 0 aliphatic rings. The molecule has 146 valence electrons. The van der Waals surface area contributed by atoms with Crippen LogP contribution in [0.25, 0.3) is 0 Å². The lowest BCUT2D eigenvalue weighted by molar-refractivity contribution is -0.127. The molecule has 0 saturated heterocycles. The summed E-state index contributed by atoms with van der Waals surface area (Å²) >= 11 is 0. The minimum atomic E-state index is -0.693. The molecule has 1 aromatic heterocycles. The normalized spacial score (nSPS) is 13.1. The lowest BCUT2D eigenvalue weighted by atomic mass is 10.0. The van der Waals surface area contributed by atoms with Gasteiger partial charge in [-0.3, -0.25) is 9.59 Å². The zero-order valence-corrected chi connectivity index (χ0v) is 15.9. The van der Waals surface area contributed by atoms with E-state index < -0.39 is 18.0 Å². The van der Waals surface area contributed by atoms with Crippen LogP contribution in [0.4, 0.5) is 0 Å². The summed E-state index contributed by atoms with van der Waals surface area (Å²) in [6.45, 7) is 5.11. The lowest BCUT2D eigenvalue weighted by Gasteiger charge is -2.19. The monoisotopic (exact) mass is 375 g/mol. The maximum atomic E-state index is 12.4. The van der Waals surface area contributed by atoms with Gasteiger partial charge in [-0.2, -0.15) is 4.98 Å². The quantitative estimate of drug-likeness (QED) is 0.618. The summed E-state index contributed by atoms with van der Waals surface area (Å²) in [5.74, 6) is 0.390. The fraction of sp³-hybridized carbons (Fsp3) is 0.444. The van der Waals surface area contributed by atoms with E-state index in [1.54, 1.807) is 19.1 Å². The summed E-state index contributed by atoms with van der Waals surface area (Å²) in [4.78, 5) is 28.6. The molecular formula is C18H25N5O4. The minimum Gasteiger partial charge on any atom is -0.496 e. The number of rotatable bonds is 8. The summed E-state index contributed by atoms with van der Waals surface area (Å²) < 4.78 is 10.4. The maximum absolute atomic E-state index is 12.4. The highest BCUT2D eigenvalue weighted by Crippen LogP contribution is 2.28. The number of carbonyl (C=O) groups excluding carboxylic acids is 2. The average Bonchev–Trinajstić information content (AvgIpc) is 3.09. The molecule has 9 heteroatoms. The van der Waals surface area contributed by atoms with Gasteiger partial charge in [0.25, 0.3) is 0 Å². The van der Waals surface area contributed by atoms with E-state index >= 15 is 0 Å². The van der Waals surface area contributed by atoms with E-state index in [0.717, 1.165) is 0 Å². The third-order valence-electron chi connectivity index (χ3n) is 4.00. The second-order valence-corrected chi connectivity index (χ2v) is 6.40. The van der Waals surface area contributed by atoms with Crippen molar-refractivity contribution in [3.8, 4) is 5.75 Å². The van der Waals surface area contributed by atoms with Gasteiger partial charge >= 0.3 is 0 Å². The Bertz CT molecular complexity index is 790. The molecule has 2 rings (SSSR count). The van der Waals surface area contributed by atoms with Crippen molar-refractivity contribution < 1.29 is 18.8 Å². The number of benzene rings is 1. The number of hydrogen-bond donors (Lipinski definition) is 3. The van der Waals surface area contributed by atoms with Crippen molar-refractivity contribution in [3.63, 3.8) is 0 Å². The summed E-state index contributed by atoms with van der Waals surface area (Å²) in [5, 5.41) is 9.24. The van der Waals surface area contributed by atoms with Crippen LogP contribution in [0.5, 0.6) is 5.75 Å². The third-order valence-corrected chi connectivity index (χ3v) is 4.00. The molecule has 0 spiro atoms. The first-order valence-corrected chi connectivity index (χ1v) is 8.59. The molecule has 0 aliphatic carbocycles. The van der Waals surface area contributed by atoms with Crippen molar-refractivity contribution >= 4 is 11.8 Å². The van der Waals surface area contributed by atoms with Gasteiger partial charge in [-0.25, -0.2) is 0 Å². The number of nitrogens with two attached hydrogens (primary N) is 1. The van der Waals surface area contributed by atoms with Gasteiger partial charge in [0.2, 0.25) is 17.7 Å². The smallest absolute Gasteiger partial charge is 0.240 e. The van der Waals surface area contributed by atoms with Crippen LogP contribution in [-0.4, -0.2) is 41.7 Å². The van der Waals surface area contributed by atoms with E-state index in [2.05, 4.69) is 20.8 Å². The fourth-order valence-electron chi connectivity index (χ4n) is 2.42. The summed E-state index contributed by atoms with van der Waals surface area (Å²) in [6.07, 6.45) is 0. The number of para-hydroxylation sites is 1. The molecule has 4 N–H and O–H groups in total. The van der Waals surface area contributed by atoms with Crippen LogP contribution in [-0.2, 0) is 9.59 Å². The first-order chi connectivity index (χ1) is 12.8. The molecule has 0 radical (unpaired) electrons. The molecule has 0 saturated carbocycles. The number of nitrogens with one attached hydrogen (secondary N) is 2. The molecule has 0 aliphatic heterocycles. The Labute approximate surface area is 157 Å². The van der Waals surface area contributed by atoms with E-state index in [4.69, 9.17) is 15.0 Å². The summed E-state index contributed by atoms with van der Waals surface area (Å²) in [6, 6.07) is 5.82. The predicted molar refractivity (Wildman–Crippen MR) is 97.8 cm³/mol. The highest BCUT2D eigenvalue weighted by Gasteiger charge is 2.25. The van der Waals surface area contributed by atoms with Crippen LogP contribution in [0, 0.1) is 12.8 Å². The van der Waals surface area contributed by atoms with Crippen molar-refractivity contribution in [2.45, 2.75) is 32.9 Å². The van der Waals surface area contributed by atoms with Gasteiger partial charge in [0.1, 0.15) is 11.8 Å². The standard InChI is InChI=1S/C18H25N5O4/c1-10(2)15(19)18(25)20-9-14(24)22-16(17-21-11(3)27-23-17)12-7-5-6-8-13(12)26-4/h5-8,10,15-16H,9,19H2,1-4H3,(H,20,25)(H,22,24)/t15-,16?/m0/s1. The summed E-state index contributed by atoms with van der Waals surface area (Å²) in [5.41, 5.74) is 6.44. The third kappa shape index (κ3) is 5.27. The van der Waals surface area contributed by atoms with Gasteiger partial charge in [0.15, 0.2) is 5.82 Å². The number of carbonyl (C=O) groups is 2. The Morgan fingerprint density at radius 1 is 1.30 bits per heavy atom. The van der Waals surface area contributed by atoms with E-state index in [-0.39, 0.29) is 24.2 Å². The zero-order valence-electron chi connectivity index (χ0n) is 15.9.